The molecule has 94 valence electrons. The molecular formula is C14H19F2N. The Hall–Kier alpha value is -0.960. The predicted octanol–water partition coefficient (Wildman–Crippen LogP) is 3.72. The fourth-order valence-electron chi connectivity index (χ4n) is 2.44. The second kappa shape index (κ2) is 5.13. The first-order chi connectivity index (χ1) is 8.13. The van der Waals surface area contributed by atoms with Crippen LogP contribution >= 0.6 is 0 Å². The first-order valence-corrected chi connectivity index (χ1v) is 6.25. The molecule has 2 rings (SSSR count). The third-order valence-corrected chi connectivity index (χ3v) is 3.81. The van der Waals surface area contributed by atoms with E-state index in [-0.39, 0.29) is 11.6 Å². The molecule has 0 bridgehead atoms. The van der Waals surface area contributed by atoms with Crippen molar-refractivity contribution in [1.82, 2.24) is 5.32 Å². The Morgan fingerprint density at radius 2 is 2.06 bits per heavy atom. The molecule has 0 amide bonds. The summed E-state index contributed by atoms with van der Waals surface area (Å²) in [6.07, 6.45) is 4.45. The van der Waals surface area contributed by atoms with E-state index in [1.165, 1.54) is 31.4 Å². The summed E-state index contributed by atoms with van der Waals surface area (Å²) in [5, 5.41) is 3.05. The minimum absolute atomic E-state index is 0.208. The number of aryl methyl sites for hydroxylation is 1. The zero-order valence-electron chi connectivity index (χ0n) is 10.4. The smallest absolute Gasteiger partial charge is 0.133 e. The number of hydrogen-bond donors (Lipinski definition) is 1. The lowest BCUT2D eigenvalue weighted by Gasteiger charge is -2.30. The van der Waals surface area contributed by atoms with E-state index in [0.717, 1.165) is 6.42 Å². The maximum atomic E-state index is 14.0. The molecule has 1 aliphatic rings. The van der Waals surface area contributed by atoms with Gasteiger partial charge in [-0.3, -0.25) is 0 Å². The third kappa shape index (κ3) is 2.49. The van der Waals surface area contributed by atoms with Gasteiger partial charge in [-0.15, -0.1) is 0 Å². The first-order valence-electron chi connectivity index (χ1n) is 6.25. The SMILES string of the molecule is CNC(CC1CCC1)c1c(F)ccc(C)c1F. The van der Waals surface area contributed by atoms with E-state index in [1.807, 2.05) is 0 Å². The summed E-state index contributed by atoms with van der Waals surface area (Å²) in [7, 11) is 1.77. The average Bonchev–Trinajstić information content (AvgIpc) is 2.26. The van der Waals surface area contributed by atoms with Crippen molar-refractivity contribution in [3.05, 3.63) is 34.9 Å². The minimum Gasteiger partial charge on any atom is -0.313 e. The molecular weight excluding hydrogens is 220 g/mol. The van der Waals surface area contributed by atoms with Crippen molar-refractivity contribution in [2.75, 3.05) is 7.05 Å². The molecule has 0 aliphatic heterocycles. The van der Waals surface area contributed by atoms with Crippen molar-refractivity contribution < 1.29 is 8.78 Å². The molecule has 0 heterocycles. The lowest BCUT2D eigenvalue weighted by atomic mass is 9.79. The van der Waals surface area contributed by atoms with Gasteiger partial charge in [0, 0.05) is 11.6 Å². The highest BCUT2D eigenvalue weighted by molar-refractivity contribution is 5.29. The molecule has 0 spiro atoms. The normalized spacial score (nSPS) is 17.9. The number of nitrogens with one attached hydrogen (secondary N) is 1. The van der Waals surface area contributed by atoms with Crippen LogP contribution in [-0.4, -0.2) is 7.05 Å². The van der Waals surface area contributed by atoms with E-state index in [4.69, 9.17) is 0 Å². The highest BCUT2D eigenvalue weighted by Gasteiger charge is 2.26. The van der Waals surface area contributed by atoms with Gasteiger partial charge in [-0.1, -0.05) is 25.3 Å². The standard InChI is InChI=1S/C14H19F2N/c1-9-6-7-11(15)13(14(9)16)12(17-2)8-10-4-3-5-10/h6-7,10,12,17H,3-5,8H2,1-2H3. The van der Waals surface area contributed by atoms with Gasteiger partial charge in [0.05, 0.1) is 0 Å². The molecule has 1 nitrogen and oxygen atoms in total. The average molecular weight is 239 g/mol. The monoisotopic (exact) mass is 239 g/mol. The Labute approximate surface area is 101 Å². The van der Waals surface area contributed by atoms with Crippen LogP contribution in [0.5, 0.6) is 0 Å². The summed E-state index contributed by atoms with van der Waals surface area (Å²) in [6.45, 7) is 1.67. The predicted molar refractivity (Wildman–Crippen MR) is 64.9 cm³/mol. The molecule has 1 aromatic rings. The maximum Gasteiger partial charge on any atom is 0.133 e. The van der Waals surface area contributed by atoms with E-state index in [0.29, 0.717) is 11.5 Å². The Morgan fingerprint density at radius 1 is 1.35 bits per heavy atom. The Kier molecular flexibility index (Phi) is 3.77. The molecule has 1 aliphatic carbocycles. The second-order valence-electron chi connectivity index (χ2n) is 4.97. The fourth-order valence-corrected chi connectivity index (χ4v) is 2.44. The lowest BCUT2D eigenvalue weighted by Crippen LogP contribution is -2.25. The summed E-state index contributed by atoms with van der Waals surface area (Å²) in [4.78, 5) is 0. The molecule has 1 fully saturated rings. The number of benzene rings is 1. The van der Waals surface area contributed by atoms with E-state index in [1.54, 1.807) is 14.0 Å². The topological polar surface area (TPSA) is 12.0 Å². The van der Waals surface area contributed by atoms with Gasteiger partial charge in [-0.25, -0.2) is 8.78 Å². The van der Waals surface area contributed by atoms with Crippen LogP contribution in [0.2, 0.25) is 0 Å². The summed E-state index contributed by atoms with van der Waals surface area (Å²) >= 11 is 0. The van der Waals surface area contributed by atoms with Crippen molar-refractivity contribution in [3.8, 4) is 0 Å². The maximum absolute atomic E-state index is 14.0. The van der Waals surface area contributed by atoms with E-state index < -0.39 is 11.6 Å². The molecule has 3 heteroatoms. The van der Waals surface area contributed by atoms with Crippen LogP contribution in [0, 0.1) is 24.5 Å². The fraction of sp³-hybridized carbons (Fsp3) is 0.571. The molecule has 0 radical (unpaired) electrons. The van der Waals surface area contributed by atoms with Crippen molar-refractivity contribution >= 4 is 0 Å². The van der Waals surface area contributed by atoms with Crippen LogP contribution < -0.4 is 5.32 Å². The van der Waals surface area contributed by atoms with Crippen LogP contribution in [0.4, 0.5) is 8.78 Å². The van der Waals surface area contributed by atoms with E-state index >= 15 is 0 Å². The zero-order valence-corrected chi connectivity index (χ0v) is 10.4. The van der Waals surface area contributed by atoms with E-state index in [9.17, 15) is 8.78 Å². The Balaban J connectivity index is 2.25. The summed E-state index contributed by atoms with van der Waals surface area (Å²) in [5.41, 5.74) is 0.717. The molecule has 1 unspecified atom stereocenters. The van der Waals surface area contributed by atoms with Gasteiger partial charge in [-0.2, -0.15) is 0 Å². The van der Waals surface area contributed by atoms with Crippen molar-refractivity contribution in [1.29, 1.82) is 0 Å². The van der Waals surface area contributed by atoms with Crippen molar-refractivity contribution in [2.45, 2.75) is 38.6 Å². The molecule has 0 saturated heterocycles. The van der Waals surface area contributed by atoms with Gasteiger partial charge in [0.2, 0.25) is 0 Å². The first kappa shape index (κ1) is 12.5. The highest BCUT2D eigenvalue weighted by Crippen LogP contribution is 2.36. The van der Waals surface area contributed by atoms with Crippen LogP contribution in [0.25, 0.3) is 0 Å². The molecule has 1 N–H and O–H groups in total. The summed E-state index contributed by atoms with van der Waals surface area (Å²) in [6, 6.07) is 2.64. The molecule has 0 aromatic heterocycles. The van der Waals surface area contributed by atoms with Gasteiger partial charge in [0.1, 0.15) is 11.6 Å². The number of halogens is 2. The van der Waals surface area contributed by atoms with E-state index in [2.05, 4.69) is 5.32 Å². The molecule has 17 heavy (non-hydrogen) atoms. The van der Waals surface area contributed by atoms with Gasteiger partial charge in [0.15, 0.2) is 0 Å². The van der Waals surface area contributed by atoms with Crippen LogP contribution in [-0.2, 0) is 0 Å². The molecule has 1 atom stereocenters. The molecule has 1 saturated carbocycles. The lowest BCUT2D eigenvalue weighted by molar-refractivity contribution is 0.261. The number of hydrogen-bond acceptors (Lipinski definition) is 1. The van der Waals surface area contributed by atoms with Crippen molar-refractivity contribution in [2.24, 2.45) is 5.92 Å². The number of rotatable bonds is 4. The van der Waals surface area contributed by atoms with Crippen LogP contribution in [0.15, 0.2) is 12.1 Å². The van der Waals surface area contributed by atoms with Gasteiger partial charge >= 0.3 is 0 Å². The molecule has 1 aromatic carbocycles. The van der Waals surface area contributed by atoms with Gasteiger partial charge in [-0.05, 0) is 37.9 Å². The van der Waals surface area contributed by atoms with Gasteiger partial charge < -0.3 is 5.32 Å². The zero-order chi connectivity index (χ0) is 12.4. The summed E-state index contributed by atoms with van der Waals surface area (Å²) < 4.78 is 27.8. The Bertz CT molecular complexity index is 399. The van der Waals surface area contributed by atoms with Gasteiger partial charge in [0.25, 0.3) is 0 Å². The third-order valence-electron chi connectivity index (χ3n) is 3.81. The minimum atomic E-state index is -0.438. The second-order valence-corrected chi connectivity index (χ2v) is 4.97. The largest absolute Gasteiger partial charge is 0.313 e. The summed E-state index contributed by atoms with van der Waals surface area (Å²) in [5.74, 6) is -0.220. The highest BCUT2D eigenvalue weighted by atomic mass is 19.1. The van der Waals surface area contributed by atoms with Crippen molar-refractivity contribution in [3.63, 3.8) is 0 Å². The van der Waals surface area contributed by atoms with Crippen LogP contribution in [0.3, 0.4) is 0 Å². The Morgan fingerprint density at radius 3 is 2.59 bits per heavy atom. The van der Waals surface area contributed by atoms with Crippen LogP contribution in [0.1, 0.15) is 42.9 Å². The quantitative estimate of drug-likeness (QED) is 0.844.